The van der Waals surface area contributed by atoms with Gasteiger partial charge >= 0.3 is 0 Å². The van der Waals surface area contributed by atoms with E-state index in [4.69, 9.17) is 16.3 Å². The molecule has 6 heteroatoms. The minimum atomic E-state index is -2.82. The summed E-state index contributed by atoms with van der Waals surface area (Å²) in [5.41, 5.74) is 5.06. The van der Waals surface area contributed by atoms with Gasteiger partial charge < -0.3 is 5.73 Å². The Morgan fingerprint density at radius 1 is 1.44 bits per heavy atom. The van der Waals surface area contributed by atoms with Crippen LogP contribution < -0.4 is 5.73 Å². The second-order valence-corrected chi connectivity index (χ2v) is 2.98. The maximum absolute atomic E-state index is 12.8. The molecule has 0 saturated carbocycles. The van der Waals surface area contributed by atoms with Crippen molar-refractivity contribution in [2.24, 2.45) is 5.73 Å². The fourth-order valence-corrected chi connectivity index (χ4v) is 1.41. The summed E-state index contributed by atoms with van der Waals surface area (Å²) in [5.74, 6) is 0. The lowest BCUT2D eigenvalue weighted by Gasteiger charge is -2.11. The Kier molecular flexibility index (Phi) is 3.87. The molecule has 1 aromatic heterocycles. The van der Waals surface area contributed by atoms with Crippen LogP contribution in [0.25, 0.3) is 0 Å². The van der Waals surface area contributed by atoms with Gasteiger partial charge in [0.25, 0.3) is 6.43 Å². The number of pyridine rings is 1. The fraction of sp³-hybridized carbons (Fsp3) is 0.300. The number of hydrogen-bond donors (Lipinski definition) is 1. The largest absolute Gasteiger partial charge is 0.326 e. The van der Waals surface area contributed by atoms with Gasteiger partial charge in [-0.15, -0.1) is 0 Å². The molecule has 0 bridgehead atoms. The fourth-order valence-electron chi connectivity index (χ4n) is 1.41. The molecule has 0 aliphatic carbocycles. The summed E-state index contributed by atoms with van der Waals surface area (Å²) in [6.45, 7) is -0.145. The average molecular weight is 222 g/mol. The first-order valence-electron chi connectivity index (χ1n) is 4.41. The van der Waals surface area contributed by atoms with Gasteiger partial charge in [-0.1, -0.05) is 0 Å². The topological polar surface area (TPSA) is 86.5 Å². The highest BCUT2D eigenvalue weighted by Gasteiger charge is 2.21. The highest BCUT2D eigenvalue weighted by Crippen LogP contribution is 2.27. The second kappa shape index (κ2) is 5.15. The summed E-state index contributed by atoms with van der Waals surface area (Å²) in [5, 5.41) is 17.2. The molecule has 0 saturated heterocycles. The van der Waals surface area contributed by atoms with Crippen molar-refractivity contribution in [3.05, 3.63) is 28.6 Å². The van der Waals surface area contributed by atoms with Crippen LogP contribution >= 0.6 is 0 Å². The molecule has 0 spiro atoms. The van der Waals surface area contributed by atoms with Crippen molar-refractivity contribution in [2.45, 2.75) is 19.4 Å². The molecule has 1 rings (SSSR count). The zero-order valence-corrected chi connectivity index (χ0v) is 8.24. The van der Waals surface area contributed by atoms with Gasteiger partial charge in [0.15, 0.2) is 0 Å². The van der Waals surface area contributed by atoms with E-state index < -0.39 is 12.0 Å². The van der Waals surface area contributed by atoms with Crippen LogP contribution in [-0.4, -0.2) is 4.98 Å². The lowest BCUT2D eigenvalue weighted by molar-refractivity contribution is 0.149. The number of hydrogen-bond acceptors (Lipinski definition) is 4. The first kappa shape index (κ1) is 12.0. The van der Waals surface area contributed by atoms with Gasteiger partial charge in [-0.2, -0.15) is 10.5 Å². The van der Waals surface area contributed by atoms with Gasteiger partial charge in [0, 0.05) is 12.7 Å². The standard InChI is InChI=1S/C10H8F2N4/c11-10(12)9-7(3-14)6(1-2-13)5-16-8(9)4-15/h5,10H,1,3,14H2. The van der Waals surface area contributed by atoms with Gasteiger partial charge in [0.05, 0.1) is 18.1 Å². The SMILES string of the molecule is N#CCc1cnc(C#N)c(C(F)F)c1CN. The van der Waals surface area contributed by atoms with Crippen LogP contribution in [0.4, 0.5) is 8.78 Å². The first-order valence-corrected chi connectivity index (χ1v) is 4.41. The monoisotopic (exact) mass is 222 g/mol. The predicted molar refractivity (Wildman–Crippen MR) is 51.1 cm³/mol. The molecule has 0 radical (unpaired) electrons. The van der Waals surface area contributed by atoms with Gasteiger partial charge in [-0.25, -0.2) is 13.8 Å². The molecule has 0 unspecified atom stereocenters. The van der Waals surface area contributed by atoms with Crippen molar-refractivity contribution in [3.8, 4) is 12.1 Å². The van der Waals surface area contributed by atoms with E-state index in [9.17, 15) is 8.78 Å². The predicted octanol–water partition coefficient (Wildman–Crippen LogP) is 1.42. The molecule has 0 fully saturated rings. The smallest absolute Gasteiger partial charge is 0.266 e. The van der Waals surface area contributed by atoms with Crippen molar-refractivity contribution >= 4 is 0 Å². The molecule has 16 heavy (non-hydrogen) atoms. The minimum absolute atomic E-state index is 0.0506. The highest BCUT2D eigenvalue weighted by atomic mass is 19.3. The third-order valence-corrected chi connectivity index (χ3v) is 2.12. The maximum atomic E-state index is 12.8. The van der Waals surface area contributed by atoms with Crippen LogP contribution in [0.15, 0.2) is 6.20 Å². The summed E-state index contributed by atoms with van der Waals surface area (Å²) >= 11 is 0. The second-order valence-electron chi connectivity index (χ2n) is 2.98. The van der Waals surface area contributed by atoms with E-state index in [0.29, 0.717) is 5.56 Å². The Morgan fingerprint density at radius 2 is 2.12 bits per heavy atom. The van der Waals surface area contributed by atoms with E-state index in [1.54, 1.807) is 6.07 Å². The number of nitrogens with zero attached hydrogens (tertiary/aromatic N) is 3. The van der Waals surface area contributed by atoms with Gasteiger partial charge in [-0.05, 0) is 11.1 Å². The van der Waals surface area contributed by atoms with Crippen molar-refractivity contribution in [2.75, 3.05) is 0 Å². The lowest BCUT2D eigenvalue weighted by Crippen LogP contribution is -2.10. The van der Waals surface area contributed by atoms with Gasteiger partial charge in [0.2, 0.25) is 0 Å². The molecule has 0 aromatic carbocycles. The Bertz CT molecular complexity index is 471. The average Bonchev–Trinajstić information content (AvgIpc) is 2.28. The van der Waals surface area contributed by atoms with Crippen LogP contribution in [-0.2, 0) is 13.0 Å². The summed E-state index contributed by atoms with van der Waals surface area (Å²) < 4.78 is 25.5. The zero-order valence-electron chi connectivity index (χ0n) is 8.24. The molecule has 0 amide bonds. The molecule has 0 aliphatic heterocycles. The Labute approximate surface area is 90.9 Å². The molecule has 82 valence electrons. The van der Waals surface area contributed by atoms with Crippen molar-refractivity contribution in [1.29, 1.82) is 10.5 Å². The molecular formula is C10H8F2N4. The van der Waals surface area contributed by atoms with Crippen LogP contribution in [0.2, 0.25) is 0 Å². The van der Waals surface area contributed by atoms with Crippen molar-refractivity contribution in [3.63, 3.8) is 0 Å². The molecule has 0 atom stereocenters. The van der Waals surface area contributed by atoms with E-state index in [1.165, 1.54) is 6.20 Å². The number of rotatable bonds is 3. The zero-order chi connectivity index (χ0) is 12.1. The number of nitriles is 2. The Balaban J connectivity index is 3.46. The summed E-state index contributed by atoms with van der Waals surface area (Å²) in [4.78, 5) is 3.60. The summed E-state index contributed by atoms with van der Waals surface area (Å²) in [6, 6.07) is 3.43. The van der Waals surface area contributed by atoms with Crippen LogP contribution in [0.3, 0.4) is 0 Å². The quantitative estimate of drug-likeness (QED) is 0.837. The molecule has 0 aliphatic rings. The molecule has 1 aromatic rings. The first-order chi connectivity index (χ1) is 7.65. The summed E-state index contributed by atoms with van der Waals surface area (Å²) in [7, 11) is 0. The van der Waals surface area contributed by atoms with Gasteiger partial charge in [0.1, 0.15) is 11.8 Å². The molecule has 2 N–H and O–H groups in total. The molecule has 1 heterocycles. The number of nitrogens with two attached hydrogens (primary N) is 1. The van der Waals surface area contributed by atoms with E-state index in [1.807, 2.05) is 6.07 Å². The normalized spacial score (nSPS) is 9.88. The number of halogens is 2. The molecule has 4 nitrogen and oxygen atoms in total. The van der Waals surface area contributed by atoms with Crippen molar-refractivity contribution in [1.82, 2.24) is 4.98 Å². The lowest BCUT2D eigenvalue weighted by atomic mass is 10.00. The highest BCUT2D eigenvalue weighted by molar-refractivity contribution is 5.43. The Hall–Kier alpha value is -2.05. The maximum Gasteiger partial charge on any atom is 0.266 e. The van der Waals surface area contributed by atoms with Crippen LogP contribution in [0.1, 0.15) is 28.8 Å². The molecular weight excluding hydrogens is 214 g/mol. The van der Waals surface area contributed by atoms with E-state index in [2.05, 4.69) is 4.98 Å². The van der Waals surface area contributed by atoms with Crippen molar-refractivity contribution < 1.29 is 8.78 Å². The number of aromatic nitrogens is 1. The number of alkyl halides is 2. The van der Waals surface area contributed by atoms with Crippen LogP contribution in [0.5, 0.6) is 0 Å². The van der Waals surface area contributed by atoms with E-state index in [0.717, 1.165) is 0 Å². The van der Waals surface area contributed by atoms with Gasteiger partial charge in [-0.3, -0.25) is 0 Å². The minimum Gasteiger partial charge on any atom is -0.326 e. The third-order valence-electron chi connectivity index (χ3n) is 2.12. The van der Waals surface area contributed by atoms with E-state index >= 15 is 0 Å². The third kappa shape index (κ3) is 2.13. The van der Waals surface area contributed by atoms with E-state index in [-0.39, 0.29) is 24.2 Å². The Morgan fingerprint density at radius 3 is 2.56 bits per heavy atom. The van der Waals surface area contributed by atoms with Crippen LogP contribution in [0, 0.1) is 22.7 Å². The summed E-state index contributed by atoms with van der Waals surface area (Å²) in [6.07, 6.45) is -1.62.